The summed E-state index contributed by atoms with van der Waals surface area (Å²) < 4.78 is 0. The van der Waals surface area contributed by atoms with E-state index in [2.05, 4.69) is 33.1 Å². The van der Waals surface area contributed by atoms with Gasteiger partial charge in [0.05, 0.1) is 0 Å². The highest BCUT2D eigenvalue weighted by Crippen LogP contribution is 2.31. The lowest BCUT2D eigenvalue weighted by Crippen LogP contribution is -2.36. The maximum absolute atomic E-state index is 13.2. The zero-order valence-electron chi connectivity index (χ0n) is 15.4. The van der Waals surface area contributed by atoms with Crippen LogP contribution in [0.5, 0.6) is 0 Å². The predicted octanol–water partition coefficient (Wildman–Crippen LogP) is 3.14. The number of amides is 1. The summed E-state index contributed by atoms with van der Waals surface area (Å²) in [5, 5.41) is 7.54. The molecule has 1 aromatic heterocycles. The Kier molecular flexibility index (Phi) is 4.93. The molecule has 5 nitrogen and oxygen atoms in total. The second kappa shape index (κ2) is 7.32. The van der Waals surface area contributed by atoms with Crippen LogP contribution in [-0.4, -0.2) is 52.6 Å². The Hall–Kier alpha value is -1.62. The normalized spacial score (nSPS) is 20.9. The molecule has 0 spiro atoms. The number of allylic oxidation sites excluding steroid dienone is 1. The van der Waals surface area contributed by atoms with Crippen molar-refractivity contribution in [2.45, 2.75) is 57.9 Å². The minimum absolute atomic E-state index is 0.135. The molecule has 1 fully saturated rings. The first-order valence-electron chi connectivity index (χ1n) is 9.92. The SMILES string of the molecule is CN1CCc2[nH]nc(C(=O)N(CCC3=CCCCC3)CC3CC3)c2C1. The number of nitrogens with zero attached hydrogens (tertiary/aromatic N) is 3. The number of fused-ring (bicyclic) bond motifs is 1. The monoisotopic (exact) mass is 342 g/mol. The third-order valence-corrected chi connectivity index (χ3v) is 5.88. The quantitative estimate of drug-likeness (QED) is 0.808. The van der Waals surface area contributed by atoms with Crippen molar-refractivity contribution < 1.29 is 4.79 Å². The molecule has 0 bridgehead atoms. The minimum Gasteiger partial charge on any atom is -0.337 e. The largest absolute Gasteiger partial charge is 0.337 e. The first kappa shape index (κ1) is 16.8. The predicted molar refractivity (Wildman–Crippen MR) is 98.4 cm³/mol. The van der Waals surface area contributed by atoms with E-state index < -0.39 is 0 Å². The van der Waals surface area contributed by atoms with E-state index in [1.807, 2.05) is 0 Å². The highest BCUT2D eigenvalue weighted by atomic mass is 16.2. The Morgan fingerprint density at radius 3 is 3.00 bits per heavy atom. The summed E-state index contributed by atoms with van der Waals surface area (Å²) in [6.45, 7) is 3.61. The van der Waals surface area contributed by atoms with Crippen LogP contribution in [0, 0.1) is 5.92 Å². The molecule has 1 saturated carbocycles. The van der Waals surface area contributed by atoms with Gasteiger partial charge in [0.25, 0.3) is 5.91 Å². The van der Waals surface area contributed by atoms with Crippen LogP contribution in [0.3, 0.4) is 0 Å². The molecule has 25 heavy (non-hydrogen) atoms. The molecule has 3 aliphatic rings. The van der Waals surface area contributed by atoms with Gasteiger partial charge >= 0.3 is 0 Å². The molecule has 0 saturated heterocycles. The van der Waals surface area contributed by atoms with E-state index in [1.54, 1.807) is 5.57 Å². The smallest absolute Gasteiger partial charge is 0.274 e. The molecule has 1 amide bonds. The van der Waals surface area contributed by atoms with E-state index in [1.165, 1.54) is 38.5 Å². The third kappa shape index (κ3) is 3.97. The van der Waals surface area contributed by atoms with Gasteiger partial charge in [-0.1, -0.05) is 11.6 Å². The van der Waals surface area contributed by atoms with E-state index in [9.17, 15) is 4.79 Å². The summed E-state index contributed by atoms with van der Waals surface area (Å²) in [4.78, 5) is 17.6. The number of likely N-dealkylation sites (N-methyl/N-ethyl adjacent to an activating group) is 1. The van der Waals surface area contributed by atoms with Gasteiger partial charge in [0, 0.05) is 43.9 Å². The maximum atomic E-state index is 13.2. The van der Waals surface area contributed by atoms with E-state index in [4.69, 9.17) is 0 Å². The summed E-state index contributed by atoms with van der Waals surface area (Å²) in [6.07, 6.45) is 12.0. The van der Waals surface area contributed by atoms with Crippen molar-refractivity contribution in [2.24, 2.45) is 5.92 Å². The van der Waals surface area contributed by atoms with E-state index in [0.717, 1.165) is 50.3 Å². The summed E-state index contributed by atoms with van der Waals surface area (Å²) >= 11 is 0. The summed E-state index contributed by atoms with van der Waals surface area (Å²) in [7, 11) is 2.11. The molecule has 0 atom stereocenters. The van der Waals surface area contributed by atoms with Crippen molar-refractivity contribution in [3.63, 3.8) is 0 Å². The first-order valence-corrected chi connectivity index (χ1v) is 9.92. The number of carbonyl (C=O) groups excluding carboxylic acids is 1. The standard InChI is InChI=1S/C20H30N4O/c1-23-11-10-18-17(14-23)19(22-21-18)20(25)24(13-16-7-8-16)12-9-15-5-3-2-4-6-15/h5,16H,2-4,6-14H2,1H3,(H,21,22). The first-order chi connectivity index (χ1) is 12.2. The Morgan fingerprint density at radius 2 is 2.24 bits per heavy atom. The zero-order chi connectivity index (χ0) is 17.2. The van der Waals surface area contributed by atoms with Crippen LogP contribution in [0.25, 0.3) is 0 Å². The fourth-order valence-corrected chi connectivity index (χ4v) is 4.05. The number of carbonyl (C=O) groups is 1. The lowest BCUT2D eigenvalue weighted by atomic mass is 9.97. The Bertz CT molecular complexity index is 659. The van der Waals surface area contributed by atoms with Crippen molar-refractivity contribution in [3.8, 4) is 0 Å². The van der Waals surface area contributed by atoms with E-state index in [0.29, 0.717) is 11.6 Å². The van der Waals surface area contributed by atoms with Crippen molar-refractivity contribution in [2.75, 3.05) is 26.7 Å². The molecule has 1 aliphatic heterocycles. The van der Waals surface area contributed by atoms with Crippen molar-refractivity contribution >= 4 is 5.91 Å². The number of aromatic amines is 1. The van der Waals surface area contributed by atoms with Crippen LogP contribution in [0.2, 0.25) is 0 Å². The molecule has 0 aromatic carbocycles. The molecule has 2 aliphatic carbocycles. The van der Waals surface area contributed by atoms with Gasteiger partial charge in [-0.3, -0.25) is 9.89 Å². The number of hydrogen-bond donors (Lipinski definition) is 1. The van der Waals surface area contributed by atoms with Crippen LogP contribution in [0.15, 0.2) is 11.6 Å². The average molecular weight is 342 g/mol. The molecule has 1 aromatic rings. The molecular formula is C20H30N4O. The highest BCUT2D eigenvalue weighted by Gasteiger charge is 2.31. The van der Waals surface area contributed by atoms with E-state index >= 15 is 0 Å². The summed E-state index contributed by atoms with van der Waals surface area (Å²) in [5.41, 5.74) is 4.49. The molecule has 136 valence electrons. The van der Waals surface area contributed by atoms with Gasteiger partial charge in [0.2, 0.25) is 0 Å². The van der Waals surface area contributed by atoms with Gasteiger partial charge in [0.15, 0.2) is 5.69 Å². The van der Waals surface area contributed by atoms with E-state index in [-0.39, 0.29) is 5.91 Å². The van der Waals surface area contributed by atoms with Gasteiger partial charge in [0.1, 0.15) is 0 Å². The van der Waals surface area contributed by atoms with Crippen molar-refractivity contribution in [3.05, 3.63) is 28.6 Å². The van der Waals surface area contributed by atoms with Crippen LogP contribution >= 0.6 is 0 Å². The summed E-state index contributed by atoms with van der Waals surface area (Å²) in [5.74, 6) is 0.845. The van der Waals surface area contributed by atoms with Gasteiger partial charge in [-0.25, -0.2) is 0 Å². The van der Waals surface area contributed by atoms with Crippen molar-refractivity contribution in [1.82, 2.24) is 20.0 Å². The highest BCUT2D eigenvalue weighted by molar-refractivity contribution is 5.94. The number of aromatic nitrogens is 2. The minimum atomic E-state index is 0.135. The molecule has 0 unspecified atom stereocenters. The maximum Gasteiger partial charge on any atom is 0.274 e. The van der Waals surface area contributed by atoms with Gasteiger partial charge in [-0.05, 0) is 57.9 Å². The Morgan fingerprint density at radius 1 is 1.36 bits per heavy atom. The van der Waals surface area contributed by atoms with Crippen molar-refractivity contribution in [1.29, 1.82) is 0 Å². The lowest BCUT2D eigenvalue weighted by molar-refractivity contribution is 0.0741. The Balaban J connectivity index is 1.47. The van der Waals surface area contributed by atoms with Gasteiger partial charge in [-0.2, -0.15) is 5.10 Å². The fraction of sp³-hybridized carbons (Fsp3) is 0.700. The lowest BCUT2D eigenvalue weighted by Gasteiger charge is -2.26. The second-order valence-electron chi connectivity index (χ2n) is 8.07. The van der Waals surface area contributed by atoms with Crippen LogP contribution in [-0.2, 0) is 13.0 Å². The average Bonchev–Trinajstić information content (AvgIpc) is 3.36. The summed E-state index contributed by atoms with van der Waals surface area (Å²) in [6, 6.07) is 0. The molecule has 0 radical (unpaired) electrons. The second-order valence-corrected chi connectivity index (χ2v) is 8.07. The molecule has 1 N–H and O–H groups in total. The number of hydrogen-bond acceptors (Lipinski definition) is 3. The Labute approximate surface area is 150 Å². The molecule has 5 heteroatoms. The number of nitrogens with one attached hydrogen (secondary N) is 1. The van der Waals surface area contributed by atoms with Gasteiger partial charge in [-0.15, -0.1) is 0 Å². The van der Waals surface area contributed by atoms with Crippen LogP contribution < -0.4 is 0 Å². The molecular weight excluding hydrogens is 312 g/mol. The molecule has 2 heterocycles. The van der Waals surface area contributed by atoms with Crippen LogP contribution in [0.1, 0.15) is 66.7 Å². The van der Waals surface area contributed by atoms with Gasteiger partial charge < -0.3 is 9.80 Å². The number of rotatable bonds is 6. The third-order valence-electron chi connectivity index (χ3n) is 5.88. The topological polar surface area (TPSA) is 52.2 Å². The zero-order valence-corrected chi connectivity index (χ0v) is 15.4. The number of H-pyrrole nitrogens is 1. The molecule has 4 rings (SSSR count). The fourth-order valence-electron chi connectivity index (χ4n) is 4.05. The van der Waals surface area contributed by atoms with Crippen LogP contribution in [0.4, 0.5) is 0 Å².